The van der Waals surface area contributed by atoms with Gasteiger partial charge in [0.1, 0.15) is 0 Å². The second-order valence-corrected chi connectivity index (χ2v) is 5.23. The third kappa shape index (κ3) is 2.70. The molecule has 1 aromatic carbocycles. The summed E-state index contributed by atoms with van der Waals surface area (Å²) in [6.45, 7) is 3.90. The topological polar surface area (TPSA) is 60.9 Å². The van der Waals surface area contributed by atoms with Crippen molar-refractivity contribution in [3.8, 4) is 0 Å². The van der Waals surface area contributed by atoms with Gasteiger partial charge in [0.25, 0.3) is 0 Å². The molecule has 5 heteroatoms. The molecule has 2 rings (SSSR count). The molecule has 0 radical (unpaired) electrons. The summed E-state index contributed by atoms with van der Waals surface area (Å²) in [6, 6.07) is 5.35. The lowest BCUT2D eigenvalue weighted by molar-refractivity contribution is 0.0991. The maximum atomic E-state index is 12.3. The second-order valence-electron chi connectivity index (χ2n) is 4.86. The van der Waals surface area contributed by atoms with E-state index in [0.717, 1.165) is 23.4 Å². The normalized spacial score (nSPS) is 10.8. The summed E-state index contributed by atoms with van der Waals surface area (Å²) in [4.78, 5) is 12.3. The third-order valence-corrected chi connectivity index (χ3v) is 3.87. The zero-order chi connectivity index (χ0) is 14.9. The summed E-state index contributed by atoms with van der Waals surface area (Å²) < 4.78 is 1.68. The predicted octanol–water partition coefficient (Wildman–Crippen LogP) is 2.95. The molecular weight excluding hydrogens is 274 g/mol. The molecule has 0 atom stereocenters. The van der Waals surface area contributed by atoms with Crippen molar-refractivity contribution in [2.75, 3.05) is 5.73 Å². The molecule has 0 aliphatic rings. The fourth-order valence-corrected chi connectivity index (χ4v) is 2.44. The van der Waals surface area contributed by atoms with Crippen LogP contribution in [0.5, 0.6) is 0 Å². The number of aromatic nitrogens is 2. The highest BCUT2D eigenvalue weighted by Gasteiger charge is 2.17. The van der Waals surface area contributed by atoms with Crippen LogP contribution in [0.1, 0.15) is 34.2 Å². The van der Waals surface area contributed by atoms with Crippen LogP contribution < -0.4 is 5.73 Å². The van der Waals surface area contributed by atoms with Gasteiger partial charge in [0.05, 0.1) is 22.8 Å². The van der Waals surface area contributed by atoms with Crippen molar-refractivity contribution in [1.82, 2.24) is 9.78 Å². The highest BCUT2D eigenvalue weighted by Crippen LogP contribution is 2.23. The van der Waals surface area contributed by atoms with Crippen LogP contribution in [0.3, 0.4) is 0 Å². The number of halogens is 1. The standard InChI is InChI=1S/C15H18ClN3O/c1-4-12-15(16)13(19(3)18-12)8-14(20)10-6-5-9(2)11(17)7-10/h5-7H,4,8,17H2,1-3H3. The van der Waals surface area contributed by atoms with Gasteiger partial charge in [-0.15, -0.1) is 0 Å². The number of aryl methyl sites for hydroxylation is 3. The first-order chi connectivity index (χ1) is 9.43. The Morgan fingerprint density at radius 2 is 2.15 bits per heavy atom. The van der Waals surface area contributed by atoms with E-state index in [9.17, 15) is 4.79 Å². The molecule has 0 fully saturated rings. The molecular formula is C15H18ClN3O. The van der Waals surface area contributed by atoms with E-state index in [2.05, 4.69) is 5.10 Å². The number of benzene rings is 1. The van der Waals surface area contributed by atoms with Crippen LogP contribution in [0.25, 0.3) is 0 Å². The molecule has 0 aliphatic carbocycles. The number of Topliss-reactive ketones (excluding diaryl/α,β-unsaturated/α-hetero) is 1. The van der Waals surface area contributed by atoms with Gasteiger partial charge in [0.2, 0.25) is 0 Å². The fraction of sp³-hybridized carbons (Fsp3) is 0.333. The van der Waals surface area contributed by atoms with Gasteiger partial charge in [-0.05, 0) is 25.0 Å². The first-order valence-corrected chi connectivity index (χ1v) is 6.91. The van der Waals surface area contributed by atoms with E-state index in [1.165, 1.54) is 0 Å². The highest BCUT2D eigenvalue weighted by atomic mass is 35.5. The molecule has 2 N–H and O–H groups in total. The zero-order valence-electron chi connectivity index (χ0n) is 11.9. The molecule has 0 spiro atoms. The summed E-state index contributed by atoms with van der Waals surface area (Å²) in [5.41, 5.74) is 9.60. The average Bonchev–Trinajstić information content (AvgIpc) is 2.69. The zero-order valence-corrected chi connectivity index (χ0v) is 12.7. The number of carbonyl (C=O) groups excluding carboxylic acids is 1. The third-order valence-electron chi connectivity index (χ3n) is 3.43. The number of nitrogens with two attached hydrogens (primary N) is 1. The van der Waals surface area contributed by atoms with Crippen LogP contribution in [0.4, 0.5) is 5.69 Å². The SMILES string of the molecule is CCc1nn(C)c(CC(=O)c2ccc(C)c(N)c2)c1Cl. The summed E-state index contributed by atoms with van der Waals surface area (Å²) in [5, 5.41) is 4.90. The quantitative estimate of drug-likeness (QED) is 0.696. The number of nitrogens with zero attached hydrogens (tertiary/aromatic N) is 2. The Kier molecular flexibility index (Phi) is 4.14. The van der Waals surface area contributed by atoms with Gasteiger partial charge < -0.3 is 5.73 Å². The predicted molar refractivity (Wildman–Crippen MR) is 81.2 cm³/mol. The molecule has 0 amide bonds. The highest BCUT2D eigenvalue weighted by molar-refractivity contribution is 6.32. The van der Waals surface area contributed by atoms with Crippen molar-refractivity contribution in [3.63, 3.8) is 0 Å². The van der Waals surface area contributed by atoms with Gasteiger partial charge in [-0.2, -0.15) is 5.10 Å². The smallest absolute Gasteiger partial charge is 0.168 e. The van der Waals surface area contributed by atoms with E-state index in [1.807, 2.05) is 19.9 Å². The van der Waals surface area contributed by atoms with Crippen LogP contribution in [-0.2, 0) is 19.9 Å². The van der Waals surface area contributed by atoms with Crippen molar-refractivity contribution in [3.05, 3.63) is 45.7 Å². The Morgan fingerprint density at radius 3 is 2.70 bits per heavy atom. The van der Waals surface area contributed by atoms with Gasteiger partial charge in [-0.3, -0.25) is 9.48 Å². The van der Waals surface area contributed by atoms with Gasteiger partial charge in [-0.25, -0.2) is 0 Å². The first kappa shape index (κ1) is 14.6. The van der Waals surface area contributed by atoms with Crippen LogP contribution in [-0.4, -0.2) is 15.6 Å². The molecule has 20 heavy (non-hydrogen) atoms. The van der Waals surface area contributed by atoms with Crippen molar-refractivity contribution < 1.29 is 4.79 Å². The largest absolute Gasteiger partial charge is 0.398 e. The maximum absolute atomic E-state index is 12.3. The number of rotatable bonds is 4. The van der Waals surface area contributed by atoms with Crippen LogP contribution in [0.15, 0.2) is 18.2 Å². The van der Waals surface area contributed by atoms with Gasteiger partial charge in [-0.1, -0.05) is 30.7 Å². The Bertz CT molecular complexity index is 661. The van der Waals surface area contributed by atoms with E-state index in [0.29, 0.717) is 16.3 Å². The molecule has 0 bridgehead atoms. The van der Waals surface area contributed by atoms with Gasteiger partial charge >= 0.3 is 0 Å². The molecule has 0 saturated carbocycles. The van der Waals surface area contributed by atoms with E-state index >= 15 is 0 Å². The summed E-state index contributed by atoms with van der Waals surface area (Å²) in [5.74, 6) is -0.00995. The Morgan fingerprint density at radius 1 is 1.45 bits per heavy atom. The Hall–Kier alpha value is -1.81. The first-order valence-electron chi connectivity index (χ1n) is 6.53. The van der Waals surface area contributed by atoms with Gasteiger partial charge in [0, 0.05) is 18.3 Å². The van der Waals surface area contributed by atoms with Crippen LogP contribution in [0, 0.1) is 6.92 Å². The Labute approximate surface area is 123 Å². The van der Waals surface area contributed by atoms with Crippen LogP contribution in [0.2, 0.25) is 5.02 Å². The minimum absolute atomic E-state index is 0.00995. The summed E-state index contributed by atoms with van der Waals surface area (Å²) >= 11 is 6.26. The Balaban J connectivity index is 2.28. The number of ketones is 1. The molecule has 0 aliphatic heterocycles. The summed E-state index contributed by atoms with van der Waals surface area (Å²) in [6.07, 6.45) is 0.975. The van der Waals surface area contributed by atoms with Crippen molar-refractivity contribution >= 4 is 23.1 Å². The minimum Gasteiger partial charge on any atom is -0.398 e. The average molecular weight is 292 g/mol. The second kappa shape index (κ2) is 5.67. The van der Waals surface area contributed by atoms with E-state index < -0.39 is 0 Å². The van der Waals surface area contributed by atoms with E-state index in [4.69, 9.17) is 17.3 Å². The van der Waals surface area contributed by atoms with Crippen molar-refractivity contribution in [2.45, 2.75) is 26.7 Å². The number of carbonyl (C=O) groups is 1. The monoisotopic (exact) mass is 291 g/mol. The van der Waals surface area contributed by atoms with E-state index in [1.54, 1.807) is 23.9 Å². The lowest BCUT2D eigenvalue weighted by Gasteiger charge is -2.05. The van der Waals surface area contributed by atoms with Crippen LogP contribution >= 0.6 is 11.6 Å². The number of hydrogen-bond acceptors (Lipinski definition) is 3. The van der Waals surface area contributed by atoms with Crippen molar-refractivity contribution in [1.29, 1.82) is 0 Å². The minimum atomic E-state index is -0.00995. The number of nitrogen functional groups attached to an aromatic ring is 1. The van der Waals surface area contributed by atoms with Crippen molar-refractivity contribution in [2.24, 2.45) is 7.05 Å². The van der Waals surface area contributed by atoms with E-state index in [-0.39, 0.29) is 12.2 Å². The number of hydrogen-bond donors (Lipinski definition) is 1. The molecule has 0 unspecified atom stereocenters. The molecule has 4 nitrogen and oxygen atoms in total. The maximum Gasteiger partial charge on any atom is 0.168 e. The molecule has 106 valence electrons. The lowest BCUT2D eigenvalue weighted by atomic mass is 10.0. The van der Waals surface area contributed by atoms with Gasteiger partial charge in [0.15, 0.2) is 5.78 Å². The fourth-order valence-electron chi connectivity index (χ4n) is 2.08. The lowest BCUT2D eigenvalue weighted by Crippen LogP contribution is -2.09. The molecule has 1 aromatic heterocycles. The number of anilines is 1. The summed E-state index contributed by atoms with van der Waals surface area (Å²) in [7, 11) is 1.80. The molecule has 0 saturated heterocycles. The molecule has 2 aromatic rings. The molecule has 1 heterocycles.